The fourth-order valence-electron chi connectivity index (χ4n) is 3.65. The highest BCUT2D eigenvalue weighted by Crippen LogP contribution is 2.21. The highest BCUT2D eigenvalue weighted by atomic mass is 19.1. The number of benzene rings is 1. The van der Waals surface area contributed by atoms with Crippen LogP contribution in [-0.4, -0.2) is 59.4 Å². The van der Waals surface area contributed by atoms with Gasteiger partial charge in [0, 0.05) is 38.8 Å². The third-order valence-electron chi connectivity index (χ3n) is 5.27. The maximum Gasteiger partial charge on any atom is 0.191 e. The number of hydrogen-bond acceptors (Lipinski definition) is 5. The summed E-state index contributed by atoms with van der Waals surface area (Å²) in [5, 5.41) is 20.6. The van der Waals surface area contributed by atoms with Gasteiger partial charge in [0.25, 0.3) is 0 Å². The summed E-state index contributed by atoms with van der Waals surface area (Å²) in [6, 6.07) is 8.96. The summed E-state index contributed by atoms with van der Waals surface area (Å²) in [7, 11) is 1.75. The van der Waals surface area contributed by atoms with Crippen molar-refractivity contribution in [3.05, 3.63) is 41.3 Å². The van der Waals surface area contributed by atoms with Crippen LogP contribution < -0.4 is 16.4 Å². The van der Waals surface area contributed by atoms with Crippen LogP contribution in [0.1, 0.15) is 45.4 Å². The Morgan fingerprint density at radius 3 is 2.38 bits per heavy atom. The highest BCUT2D eigenvalue weighted by Gasteiger charge is 2.16. The normalized spacial score (nSPS) is 11.9. The smallest absolute Gasteiger partial charge is 0.191 e. The molecule has 0 aliphatic rings. The summed E-state index contributed by atoms with van der Waals surface area (Å²) < 4.78 is 14.7. The average Bonchev–Trinajstić information content (AvgIpc) is 3.07. The van der Waals surface area contributed by atoms with E-state index in [1.54, 1.807) is 19.2 Å². The Hall–Kier alpha value is -3.12. The Morgan fingerprint density at radius 2 is 1.81 bits per heavy atom. The molecule has 174 valence electrons. The fraction of sp³-hybridized carbons (Fsp3) is 0.522. The lowest BCUT2D eigenvalue weighted by Crippen LogP contribution is -2.45. The van der Waals surface area contributed by atoms with Crippen molar-refractivity contribution in [3.8, 4) is 11.8 Å². The van der Waals surface area contributed by atoms with Crippen molar-refractivity contribution in [2.45, 2.75) is 52.6 Å². The first-order valence-electron chi connectivity index (χ1n) is 11.0. The molecule has 1 aromatic heterocycles. The zero-order valence-corrected chi connectivity index (χ0v) is 19.7. The molecule has 1 heterocycles. The lowest BCUT2D eigenvalue weighted by Gasteiger charge is -2.30. The standard InChI is InChI=1S/C23H35FN8/c1-16(2)31(17(3)4)14-13-29-23(27-5)28-12-6-7-21-20(15-25)22(26)32(30-21)19-10-8-18(24)9-11-19/h8-11,16-17H,6-7,12-14,26H2,1-5H3,(H2,27,28,29). The Kier molecular flexibility index (Phi) is 9.47. The zero-order chi connectivity index (χ0) is 23.7. The van der Waals surface area contributed by atoms with E-state index in [4.69, 9.17) is 5.73 Å². The van der Waals surface area contributed by atoms with Crippen molar-refractivity contribution < 1.29 is 4.39 Å². The van der Waals surface area contributed by atoms with E-state index in [1.807, 2.05) is 0 Å². The van der Waals surface area contributed by atoms with Gasteiger partial charge >= 0.3 is 0 Å². The number of anilines is 1. The molecule has 9 heteroatoms. The SMILES string of the molecule is CN=C(NCCCc1nn(-c2ccc(F)cc2)c(N)c1C#N)NCCN(C(C)C)C(C)C. The van der Waals surface area contributed by atoms with Crippen LogP contribution in [0.4, 0.5) is 10.2 Å². The largest absolute Gasteiger partial charge is 0.382 e. The third kappa shape index (κ3) is 6.69. The first-order chi connectivity index (χ1) is 15.3. The summed E-state index contributed by atoms with van der Waals surface area (Å²) in [4.78, 5) is 6.69. The molecule has 1 aromatic carbocycles. The fourth-order valence-corrected chi connectivity index (χ4v) is 3.65. The summed E-state index contributed by atoms with van der Waals surface area (Å²) >= 11 is 0. The van der Waals surface area contributed by atoms with Crippen LogP contribution in [0.5, 0.6) is 0 Å². The molecule has 0 fully saturated rings. The van der Waals surface area contributed by atoms with Crippen LogP contribution in [0, 0.1) is 17.1 Å². The van der Waals surface area contributed by atoms with Crippen LogP contribution in [0.3, 0.4) is 0 Å². The van der Waals surface area contributed by atoms with Gasteiger partial charge in [-0.2, -0.15) is 10.4 Å². The number of aliphatic imine (C=N–C) groups is 1. The number of aromatic nitrogens is 2. The van der Waals surface area contributed by atoms with Gasteiger partial charge in [0.05, 0.1) is 11.4 Å². The molecular weight excluding hydrogens is 407 g/mol. The number of aryl methyl sites for hydroxylation is 1. The minimum atomic E-state index is -0.339. The Morgan fingerprint density at radius 1 is 1.19 bits per heavy atom. The van der Waals surface area contributed by atoms with Crippen LogP contribution >= 0.6 is 0 Å². The van der Waals surface area contributed by atoms with Gasteiger partial charge in [-0.15, -0.1) is 0 Å². The minimum Gasteiger partial charge on any atom is -0.382 e. The van der Waals surface area contributed by atoms with E-state index in [0.717, 1.165) is 25.5 Å². The molecule has 0 aliphatic carbocycles. The van der Waals surface area contributed by atoms with Crippen molar-refractivity contribution in [3.63, 3.8) is 0 Å². The van der Waals surface area contributed by atoms with E-state index in [1.165, 1.54) is 16.8 Å². The minimum absolute atomic E-state index is 0.263. The number of nitrogen functional groups attached to an aromatic ring is 1. The predicted molar refractivity (Wildman–Crippen MR) is 127 cm³/mol. The van der Waals surface area contributed by atoms with Gasteiger partial charge in [-0.1, -0.05) is 0 Å². The van der Waals surface area contributed by atoms with E-state index < -0.39 is 0 Å². The number of nitrogens with zero attached hydrogens (tertiary/aromatic N) is 5. The zero-order valence-electron chi connectivity index (χ0n) is 19.7. The van der Waals surface area contributed by atoms with Gasteiger partial charge in [0.1, 0.15) is 23.3 Å². The summed E-state index contributed by atoms with van der Waals surface area (Å²) in [5.41, 5.74) is 7.72. The maximum absolute atomic E-state index is 13.2. The van der Waals surface area contributed by atoms with Crippen LogP contribution in [0.25, 0.3) is 5.69 Å². The van der Waals surface area contributed by atoms with Gasteiger partial charge in [0.2, 0.25) is 0 Å². The molecule has 4 N–H and O–H groups in total. The maximum atomic E-state index is 13.2. The molecule has 0 spiro atoms. The molecule has 0 atom stereocenters. The van der Waals surface area contributed by atoms with Crippen molar-refractivity contribution >= 4 is 11.8 Å². The second-order valence-electron chi connectivity index (χ2n) is 8.16. The number of halogens is 1. The lowest BCUT2D eigenvalue weighted by atomic mass is 10.1. The molecule has 0 amide bonds. The van der Waals surface area contributed by atoms with Crippen molar-refractivity contribution in [2.75, 3.05) is 32.4 Å². The Labute approximate surface area is 190 Å². The van der Waals surface area contributed by atoms with Gasteiger partial charge in [-0.25, -0.2) is 9.07 Å². The molecular formula is C23H35FN8. The molecule has 0 saturated heterocycles. The van der Waals surface area contributed by atoms with Gasteiger partial charge in [-0.3, -0.25) is 9.89 Å². The number of guanidine groups is 1. The van der Waals surface area contributed by atoms with E-state index in [9.17, 15) is 9.65 Å². The van der Waals surface area contributed by atoms with Crippen LogP contribution in [0.2, 0.25) is 0 Å². The Bertz CT molecular complexity index is 917. The topological polar surface area (TPSA) is 107 Å². The van der Waals surface area contributed by atoms with Gasteiger partial charge < -0.3 is 16.4 Å². The molecule has 0 saturated carbocycles. The molecule has 0 unspecified atom stereocenters. The average molecular weight is 443 g/mol. The number of nitrogens with two attached hydrogens (primary N) is 1. The third-order valence-corrected chi connectivity index (χ3v) is 5.27. The first-order valence-corrected chi connectivity index (χ1v) is 11.0. The molecule has 0 radical (unpaired) electrons. The number of rotatable bonds is 10. The van der Waals surface area contributed by atoms with Crippen molar-refractivity contribution in [1.82, 2.24) is 25.3 Å². The summed E-state index contributed by atoms with van der Waals surface area (Å²) in [6.45, 7) is 11.2. The summed E-state index contributed by atoms with van der Waals surface area (Å²) in [6.07, 6.45) is 1.33. The monoisotopic (exact) mass is 442 g/mol. The Balaban J connectivity index is 1.88. The van der Waals surface area contributed by atoms with Gasteiger partial charge in [0.15, 0.2) is 5.96 Å². The second kappa shape index (κ2) is 12.1. The van der Waals surface area contributed by atoms with E-state index >= 15 is 0 Å². The number of hydrogen-bond donors (Lipinski definition) is 3. The molecule has 2 aromatic rings. The van der Waals surface area contributed by atoms with Gasteiger partial charge in [-0.05, 0) is 64.8 Å². The molecule has 0 aliphatic heterocycles. The molecule has 32 heavy (non-hydrogen) atoms. The molecule has 2 rings (SSSR count). The first kappa shape index (κ1) is 25.1. The second-order valence-corrected chi connectivity index (χ2v) is 8.16. The van der Waals surface area contributed by atoms with E-state index in [0.29, 0.717) is 42.0 Å². The van der Waals surface area contributed by atoms with E-state index in [2.05, 4.69) is 59.4 Å². The lowest BCUT2D eigenvalue weighted by molar-refractivity contribution is 0.178. The highest BCUT2D eigenvalue weighted by molar-refractivity contribution is 5.79. The summed E-state index contributed by atoms with van der Waals surface area (Å²) in [5.74, 6) is 0.670. The molecule has 8 nitrogen and oxygen atoms in total. The van der Waals surface area contributed by atoms with E-state index in [-0.39, 0.29) is 11.6 Å². The predicted octanol–water partition coefficient (Wildman–Crippen LogP) is 2.68. The van der Waals surface area contributed by atoms with Crippen LogP contribution in [-0.2, 0) is 6.42 Å². The van der Waals surface area contributed by atoms with Crippen molar-refractivity contribution in [2.24, 2.45) is 4.99 Å². The van der Waals surface area contributed by atoms with Crippen LogP contribution in [0.15, 0.2) is 29.3 Å². The quantitative estimate of drug-likeness (QED) is 0.297. The molecule has 0 bridgehead atoms. The number of nitrogens with one attached hydrogen (secondary N) is 2. The van der Waals surface area contributed by atoms with Crippen molar-refractivity contribution in [1.29, 1.82) is 5.26 Å². The number of nitriles is 1.